The van der Waals surface area contributed by atoms with E-state index >= 15 is 0 Å². The Balaban J connectivity index is 3.46. The molecular weight excluding hydrogens is 222 g/mol. The van der Waals surface area contributed by atoms with Gasteiger partial charge in [0, 0.05) is 6.42 Å². The summed E-state index contributed by atoms with van der Waals surface area (Å²) in [6.07, 6.45) is 1.02. The van der Waals surface area contributed by atoms with Crippen molar-refractivity contribution in [2.24, 2.45) is 0 Å². The van der Waals surface area contributed by atoms with E-state index in [2.05, 4.69) is 5.32 Å². The molecule has 0 aromatic heterocycles. The van der Waals surface area contributed by atoms with Crippen LogP contribution in [-0.4, -0.2) is 37.2 Å². The van der Waals surface area contributed by atoms with Crippen molar-refractivity contribution in [3.05, 3.63) is 0 Å². The molecule has 0 aliphatic carbocycles. The highest BCUT2D eigenvalue weighted by Gasteiger charge is 2.15. The third-order valence-electron chi connectivity index (χ3n) is 1.73. The first-order chi connectivity index (χ1) is 7.85. The van der Waals surface area contributed by atoms with E-state index in [4.69, 9.17) is 9.47 Å². The lowest BCUT2D eigenvalue weighted by atomic mass is 10.2. The van der Waals surface area contributed by atoms with Crippen LogP contribution in [0.25, 0.3) is 0 Å². The molecule has 0 aliphatic heterocycles. The first-order valence-corrected chi connectivity index (χ1v) is 5.93. The Morgan fingerprint density at radius 1 is 1.18 bits per heavy atom. The lowest BCUT2D eigenvalue weighted by Crippen LogP contribution is -2.32. The third kappa shape index (κ3) is 11.2. The fraction of sp³-hybridized carbons (Fsp3) is 0.833. The molecule has 17 heavy (non-hydrogen) atoms. The normalized spacial score (nSPS) is 11.1. The van der Waals surface area contributed by atoms with E-state index in [9.17, 15) is 9.59 Å². The second kappa shape index (κ2) is 8.06. The van der Waals surface area contributed by atoms with E-state index in [1.807, 2.05) is 20.8 Å². The molecule has 0 aliphatic rings. The van der Waals surface area contributed by atoms with Crippen LogP contribution in [0.1, 0.15) is 40.5 Å². The highest BCUT2D eigenvalue weighted by atomic mass is 16.6. The highest BCUT2D eigenvalue weighted by molar-refractivity contribution is 5.72. The van der Waals surface area contributed by atoms with Gasteiger partial charge in [0.15, 0.2) is 0 Å². The summed E-state index contributed by atoms with van der Waals surface area (Å²) >= 11 is 0. The minimum absolute atomic E-state index is 0.167. The maximum atomic E-state index is 11.3. The van der Waals surface area contributed by atoms with Crippen LogP contribution in [0.3, 0.4) is 0 Å². The SMILES string of the molecule is CCOC(=O)CCCNCC(=O)OC(C)(C)C. The maximum absolute atomic E-state index is 11.3. The summed E-state index contributed by atoms with van der Waals surface area (Å²) in [5.41, 5.74) is -0.455. The van der Waals surface area contributed by atoms with Crippen molar-refractivity contribution in [2.75, 3.05) is 19.7 Å². The molecule has 0 saturated heterocycles. The van der Waals surface area contributed by atoms with Crippen molar-refractivity contribution in [1.29, 1.82) is 0 Å². The number of carbonyl (C=O) groups is 2. The van der Waals surface area contributed by atoms with Gasteiger partial charge in [0.1, 0.15) is 5.60 Å². The Kier molecular flexibility index (Phi) is 7.54. The van der Waals surface area contributed by atoms with E-state index in [0.717, 1.165) is 0 Å². The van der Waals surface area contributed by atoms with Crippen LogP contribution in [0.2, 0.25) is 0 Å². The number of hydrogen-bond acceptors (Lipinski definition) is 5. The molecule has 0 atom stereocenters. The van der Waals surface area contributed by atoms with Crippen LogP contribution in [0, 0.1) is 0 Å². The van der Waals surface area contributed by atoms with Gasteiger partial charge in [-0.15, -0.1) is 0 Å². The lowest BCUT2D eigenvalue weighted by Gasteiger charge is -2.19. The van der Waals surface area contributed by atoms with Crippen molar-refractivity contribution in [2.45, 2.75) is 46.1 Å². The van der Waals surface area contributed by atoms with Gasteiger partial charge in [-0.1, -0.05) is 0 Å². The number of rotatable bonds is 7. The molecule has 0 fully saturated rings. The Hall–Kier alpha value is -1.10. The van der Waals surface area contributed by atoms with Crippen LogP contribution in [-0.2, 0) is 19.1 Å². The zero-order valence-corrected chi connectivity index (χ0v) is 11.2. The summed E-state index contributed by atoms with van der Waals surface area (Å²) in [7, 11) is 0. The van der Waals surface area contributed by atoms with Gasteiger partial charge < -0.3 is 14.8 Å². The van der Waals surface area contributed by atoms with E-state index in [1.54, 1.807) is 6.92 Å². The van der Waals surface area contributed by atoms with Gasteiger partial charge in [0.05, 0.1) is 13.2 Å². The van der Waals surface area contributed by atoms with Crippen molar-refractivity contribution < 1.29 is 19.1 Å². The van der Waals surface area contributed by atoms with Gasteiger partial charge in [-0.3, -0.25) is 9.59 Å². The minimum Gasteiger partial charge on any atom is -0.466 e. The molecule has 0 unspecified atom stereocenters. The second-order valence-corrected chi connectivity index (χ2v) is 4.67. The zero-order chi connectivity index (χ0) is 13.3. The summed E-state index contributed by atoms with van der Waals surface area (Å²) < 4.78 is 9.89. The van der Waals surface area contributed by atoms with Crippen LogP contribution < -0.4 is 5.32 Å². The van der Waals surface area contributed by atoms with E-state index < -0.39 is 5.60 Å². The van der Waals surface area contributed by atoms with Crippen molar-refractivity contribution in [3.63, 3.8) is 0 Å². The third-order valence-corrected chi connectivity index (χ3v) is 1.73. The van der Waals surface area contributed by atoms with E-state index in [1.165, 1.54) is 0 Å². The predicted molar refractivity (Wildman–Crippen MR) is 64.6 cm³/mol. The number of hydrogen-bond donors (Lipinski definition) is 1. The fourth-order valence-electron chi connectivity index (χ4n) is 1.16. The molecule has 5 heteroatoms. The first kappa shape index (κ1) is 15.9. The molecule has 100 valence electrons. The van der Waals surface area contributed by atoms with Crippen molar-refractivity contribution in [3.8, 4) is 0 Å². The number of esters is 2. The van der Waals surface area contributed by atoms with Crippen LogP contribution in [0.15, 0.2) is 0 Å². The van der Waals surface area contributed by atoms with E-state index in [-0.39, 0.29) is 18.5 Å². The largest absolute Gasteiger partial charge is 0.466 e. The molecule has 5 nitrogen and oxygen atoms in total. The molecule has 0 aromatic rings. The molecule has 0 bridgehead atoms. The van der Waals surface area contributed by atoms with Crippen molar-refractivity contribution in [1.82, 2.24) is 5.32 Å². The Morgan fingerprint density at radius 3 is 2.35 bits per heavy atom. The summed E-state index contributed by atoms with van der Waals surface area (Å²) in [4.78, 5) is 22.3. The lowest BCUT2D eigenvalue weighted by molar-refractivity contribution is -0.153. The molecule has 0 saturated carbocycles. The average Bonchev–Trinajstić information content (AvgIpc) is 2.14. The maximum Gasteiger partial charge on any atom is 0.320 e. The highest BCUT2D eigenvalue weighted by Crippen LogP contribution is 2.06. The molecule has 0 heterocycles. The number of ether oxygens (including phenoxy) is 2. The smallest absolute Gasteiger partial charge is 0.320 e. The Labute approximate surface area is 103 Å². The fourth-order valence-corrected chi connectivity index (χ4v) is 1.16. The molecule has 0 spiro atoms. The van der Waals surface area contributed by atoms with Crippen LogP contribution >= 0.6 is 0 Å². The van der Waals surface area contributed by atoms with E-state index in [0.29, 0.717) is 26.0 Å². The zero-order valence-electron chi connectivity index (χ0n) is 11.2. The topological polar surface area (TPSA) is 64.6 Å². The quantitative estimate of drug-likeness (QED) is 0.540. The standard InChI is InChI=1S/C12H23NO4/c1-5-16-10(14)7-6-8-13-9-11(15)17-12(2,3)4/h13H,5-9H2,1-4H3. The molecule has 0 radical (unpaired) electrons. The molecule has 0 amide bonds. The van der Waals surface area contributed by atoms with Gasteiger partial charge in [-0.2, -0.15) is 0 Å². The monoisotopic (exact) mass is 245 g/mol. The van der Waals surface area contributed by atoms with Crippen molar-refractivity contribution >= 4 is 11.9 Å². The summed E-state index contributed by atoms with van der Waals surface area (Å²) in [5, 5.41) is 2.92. The van der Waals surface area contributed by atoms with Gasteiger partial charge in [-0.25, -0.2) is 0 Å². The second-order valence-electron chi connectivity index (χ2n) is 4.67. The van der Waals surface area contributed by atoms with Gasteiger partial charge in [-0.05, 0) is 40.7 Å². The first-order valence-electron chi connectivity index (χ1n) is 5.93. The molecular formula is C12H23NO4. The summed E-state index contributed by atoms with van der Waals surface area (Å²) in [6.45, 7) is 8.42. The number of carbonyl (C=O) groups excluding carboxylic acids is 2. The predicted octanol–water partition coefficient (Wildman–Crippen LogP) is 1.26. The van der Waals surface area contributed by atoms with Gasteiger partial charge >= 0.3 is 11.9 Å². The summed E-state index contributed by atoms with van der Waals surface area (Å²) in [5.74, 6) is -0.486. The van der Waals surface area contributed by atoms with Crippen LogP contribution in [0.4, 0.5) is 0 Å². The molecule has 0 aromatic carbocycles. The van der Waals surface area contributed by atoms with Gasteiger partial charge in [0.2, 0.25) is 0 Å². The minimum atomic E-state index is -0.455. The number of nitrogens with one attached hydrogen (secondary N) is 1. The summed E-state index contributed by atoms with van der Waals surface area (Å²) in [6, 6.07) is 0. The molecule has 0 rings (SSSR count). The van der Waals surface area contributed by atoms with Gasteiger partial charge in [0.25, 0.3) is 0 Å². The van der Waals surface area contributed by atoms with Crippen LogP contribution in [0.5, 0.6) is 0 Å². The molecule has 1 N–H and O–H groups in total. The average molecular weight is 245 g/mol. The Bertz CT molecular complexity index is 245. The Morgan fingerprint density at radius 2 is 1.82 bits per heavy atom.